The average Bonchev–Trinajstić information content (AvgIpc) is 2.93. The van der Waals surface area contributed by atoms with Gasteiger partial charge in [0, 0.05) is 39.0 Å². The number of nitrogens with one attached hydrogen (secondary N) is 1. The number of amides is 2. The Morgan fingerprint density at radius 3 is 2.15 bits per heavy atom. The summed E-state index contributed by atoms with van der Waals surface area (Å²) in [6, 6.07) is 9.26. The zero-order valence-electron chi connectivity index (χ0n) is 22.9. The van der Waals surface area contributed by atoms with Gasteiger partial charge in [-0.25, -0.2) is 8.42 Å². The van der Waals surface area contributed by atoms with Crippen LogP contribution in [0.15, 0.2) is 53.4 Å². The number of carboxylic acid groups (broad SMARTS) is 1. The Labute approximate surface area is 237 Å². The first-order valence-corrected chi connectivity index (χ1v) is 14.7. The number of halogens is 3. The smallest absolute Gasteiger partial charge is 0.416 e. The van der Waals surface area contributed by atoms with Crippen molar-refractivity contribution in [1.82, 2.24) is 14.5 Å². The van der Waals surface area contributed by atoms with Gasteiger partial charge in [0.25, 0.3) is 0 Å². The average molecular weight is 598 g/mol. The van der Waals surface area contributed by atoms with Crippen LogP contribution < -0.4 is 5.32 Å². The lowest BCUT2D eigenvalue weighted by Gasteiger charge is -2.39. The highest BCUT2D eigenvalue weighted by atomic mass is 32.2. The Morgan fingerprint density at radius 1 is 0.976 bits per heavy atom. The van der Waals surface area contributed by atoms with E-state index in [0.29, 0.717) is 30.9 Å². The van der Waals surface area contributed by atoms with Crippen LogP contribution in [-0.4, -0.2) is 66.2 Å². The molecule has 1 saturated heterocycles. The zero-order valence-corrected chi connectivity index (χ0v) is 23.7. The number of piperazine rings is 1. The molecular formula is C28H34F3N3O6S. The summed E-state index contributed by atoms with van der Waals surface area (Å²) in [5.41, 5.74) is 0.883. The van der Waals surface area contributed by atoms with Crippen LogP contribution in [0.25, 0.3) is 0 Å². The number of carbonyl (C=O) groups is 3. The molecule has 3 rings (SSSR count). The first-order valence-electron chi connectivity index (χ1n) is 13.3. The van der Waals surface area contributed by atoms with Crippen molar-refractivity contribution < 1.29 is 41.1 Å². The van der Waals surface area contributed by atoms with Gasteiger partial charge in [0.2, 0.25) is 21.8 Å². The minimum atomic E-state index is -4.64. The Kier molecular flexibility index (Phi) is 10.5. The number of hydrogen-bond donors (Lipinski definition) is 2. The van der Waals surface area contributed by atoms with Gasteiger partial charge >= 0.3 is 12.1 Å². The van der Waals surface area contributed by atoms with Gasteiger partial charge in [0.05, 0.1) is 10.5 Å². The SMILES string of the molecule is CC(C)c1ccc(CNC(=O)C2CN(C(=O)CCCCC(=O)O)CCN2S(=O)(=O)c2ccc(C(F)(F)F)cc2)cc1. The molecule has 13 heteroatoms. The number of hydrogen-bond acceptors (Lipinski definition) is 5. The molecule has 41 heavy (non-hydrogen) atoms. The Morgan fingerprint density at radius 2 is 1.59 bits per heavy atom. The minimum Gasteiger partial charge on any atom is -0.481 e. The highest BCUT2D eigenvalue weighted by molar-refractivity contribution is 7.89. The predicted octanol–water partition coefficient (Wildman–Crippen LogP) is 3.99. The van der Waals surface area contributed by atoms with Gasteiger partial charge in [0.1, 0.15) is 6.04 Å². The molecule has 2 amide bonds. The van der Waals surface area contributed by atoms with Gasteiger partial charge in [-0.2, -0.15) is 17.5 Å². The standard InChI is InChI=1S/C28H34F3N3O6S/c1-19(2)21-9-7-20(8-10-21)17-32-27(38)24-18-33(25(35)5-3-4-6-26(36)37)15-16-34(24)41(39,40)23-13-11-22(12-14-23)28(29,30)31/h7-14,19,24H,3-6,15-18H2,1-2H3,(H,32,38)(H,36,37). The molecule has 2 aromatic carbocycles. The van der Waals surface area contributed by atoms with Crippen LogP contribution in [0.2, 0.25) is 0 Å². The van der Waals surface area contributed by atoms with E-state index in [0.717, 1.165) is 27.6 Å². The van der Waals surface area contributed by atoms with Crippen LogP contribution in [0.3, 0.4) is 0 Å². The van der Waals surface area contributed by atoms with Gasteiger partial charge in [-0.1, -0.05) is 38.1 Å². The van der Waals surface area contributed by atoms with Crippen molar-refractivity contribution in [2.75, 3.05) is 19.6 Å². The van der Waals surface area contributed by atoms with Crippen molar-refractivity contribution in [3.05, 3.63) is 65.2 Å². The summed E-state index contributed by atoms with van der Waals surface area (Å²) < 4.78 is 67.0. The molecule has 224 valence electrons. The molecule has 1 aliphatic heterocycles. The molecule has 9 nitrogen and oxygen atoms in total. The lowest BCUT2D eigenvalue weighted by atomic mass is 10.0. The van der Waals surface area contributed by atoms with Crippen LogP contribution in [0.4, 0.5) is 13.2 Å². The Bertz CT molecular complexity index is 1330. The fourth-order valence-corrected chi connectivity index (χ4v) is 6.05. The zero-order chi connectivity index (χ0) is 30.4. The number of unbranched alkanes of at least 4 members (excludes halogenated alkanes) is 1. The van der Waals surface area contributed by atoms with E-state index in [1.165, 1.54) is 4.90 Å². The summed E-state index contributed by atoms with van der Waals surface area (Å²) in [5.74, 6) is -1.66. The number of sulfonamides is 1. The summed E-state index contributed by atoms with van der Waals surface area (Å²) in [6.07, 6.45) is -4.08. The fourth-order valence-electron chi connectivity index (χ4n) is 4.48. The monoisotopic (exact) mass is 597 g/mol. The van der Waals surface area contributed by atoms with E-state index in [1.807, 2.05) is 38.1 Å². The quantitative estimate of drug-likeness (QED) is 0.378. The molecule has 1 aliphatic rings. The molecule has 2 N–H and O–H groups in total. The number of carbonyl (C=O) groups excluding carboxylic acids is 2. The molecule has 1 fully saturated rings. The summed E-state index contributed by atoms with van der Waals surface area (Å²) in [7, 11) is -4.39. The topological polar surface area (TPSA) is 124 Å². The highest BCUT2D eigenvalue weighted by Crippen LogP contribution is 2.31. The normalized spacial score (nSPS) is 16.5. The number of aliphatic carboxylic acids is 1. The Hall–Kier alpha value is -3.45. The predicted molar refractivity (Wildman–Crippen MR) is 144 cm³/mol. The molecule has 0 aliphatic carbocycles. The lowest BCUT2D eigenvalue weighted by molar-refractivity contribution is -0.139. The maximum atomic E-state index is 13.5. The van der Waals surface area contributed by atoms with Crippen molar-refractivity contribution in [2.45, 2.75) is 69.1 Å². The molecule has 0 spiro atoms. The number of rotatable bonds is 11. The van der Waals surface area contributed by atoms with Gasteiger partial charge in [-0.05, 0) is 54.2 Å². The van der Waals surface area contributed by atoms with E-state index < -0.39 is 44.6 Å². The first-order chi connectivity index (χ1) is 19.2. The maximum Gasteiger partial charge on any atom is 0.416 e. The minimum absolute atomic E-state index is 0.0297. The molecule has 0 radical (unpaired) electrons. The molecule has 0 bridgehead atoms. The van der Waals surface area contributed by atoms with Crippen LogP contribution in [0.1, 0.15) is 62.1 Å². The number of carboxylic acids is 1. The van der Waals surface area contributed by atoms with E-state index in [-0.39, 0.29) is 44.9 Å². The van der Waals surface area contributed by atoms with Gasteiger partial charge < -0.3 is 15.3 Å². The molecule has 1 unspecified atom stereocenters. The van der Waals surface area contributed by atoms with Crippen molar-refractivity contribution in [3.63, 3.8) is 0 Å². The summed E-state index contributed by atoms with van der Waals surface area (Å²) in [4.78, 5) is 37.9. The molecule has 1 atom stereocenters. The summed E-state index contributed by atoms with van der Waals surface area (Å²) in [6.45, 7) is 3.67. The third-order valence-corrected chi connectivity index (χ3v) is 8.84. The third kappa shape index (κ3) is 8.52. The largest absolute Gasteiger partial charge is 0.481 e. The van der Waals surface area contributed by atoms with Gasteiger partial charge in [0.15, 0.2) is 0 Å². The molecule has 2 aromatic rings. The van der Waals surface area contributed by atoms with Crippen LogP contribution >= 0.6 is 0 Å². The van der Waals surface area contributed by atoms with Gasteiger partial charge in [-0.15, -0.1) is 0 Å². The fraction of sp³-hybridized carbons (Fsp3) is 0.464. The van der Waals surface area contributed by atoms with Gasteiger partial charge in [-0.3, -0.25) is 14.4 Å². The van der Waals surface area contributed by atoms with E-state index in [1.54, 1.807) is 0 Å². The third-order valence-electron chi connectivity index (χ3n) is 6.92. The van der Waals surface area contributed by atoms with E-state index in [4.69, 9.17) is 5.11 Å². The summed E-state index contributed by atoms with van der Waals surface area (Å²) in [5, 5.41) is 11.5. The second-order valence-electron chi connectivity index (χ2n) is 10.2. The summed E-state index contributed by atoms with van der Waals surface area (Å²) >= 11 is 0. The highest BCUT2D eigenvalue weighted by Gasteiger charge is 2.41. The second kappa shape index (κ2) is 13.5. The first kappa shape index (κ1) is 32.1. The lowest BCUT2D eigenvalue weighted by Crippen LogP contribution is -2.61. The van der Waals surface area contributed by atoms with Crippen molar-refractivity contribution >= 4 is 27.8 Å². The van der Waals surface area contributed by atoms with E-state index in [9.17, 15) is 36.0 Å². The number of benzene rings is 2. The Balaban J connectivity index is 1.80. The molecule has 1 heterocycles. The number of alkyl halides is 3. The van der Waals surface area contributed by atoms with Crippen molar-refractivity contribution in [1.29, 1.82) is 0 Å². The van der Waals surface area contributed by atoms with E-state index >= 15 is 0 Å². The number of nitrogens with zero attached hydrogens (tertiary/aromatic N) is 2. The van der Waals surface area contributed by atoms with Crippen LogP contribution in [-0.2, 0) is 37.1 Å². The van der Waals surface area contributed by atoms with Crippen LogP contribution in [0.5, 0.6) is 0 Å². The van der Waals surface area contributed by atoms with E-state index in [2.05, 4.69) is 5.32 Å². The molecular weight excluding hydrogens is 563 g/mol. The maximum absolute atomic E-state index is 13.5. The molecule has 0 aromatic heterocycles. The molecule has 0 saturated carbocycles. The van der Waals surface area contributed by atoms with Crippen molar-refractivity contribution in [3.8, 4) is 0 Å². The van der Waals surface area contributed by atoms with Crippen LogP contribution in [0, 0.1) is 0 Å². The second-order valence-corrected chi connectivity index (χ2v) is 12.1. The van der Waals surface area contributed by atoms with Crippen molar-refractivity contribution in [2.24, 2.45) is 0 Å².